The summed E-state index contributed by atoms with van der Waals surface area (Å²) in [5.74, 6) is 0. The molecule has 0 N–H and O–H groups in total. The van der Waals surface area contributed by atoms with Gasteiger partial charge in [-0.2, -0.15) is 0 Å². The van der Waals surface area contributed by atoms with E-state index in [1.54, 1.807) is 6.07 Å². The van der Waals surface area contributed by atoms with Crippen LogP contribution >= 0.6 is 0 Å². The molecule has 0 aliphatic heterocycles. The molecule has 0 unspecified atom stereocenters. The molecular formula is C20H13NO2. The second-order valence-corrected chi connectivity index (χ2v) is 5.46. The van der Waals surface area contributed by atoms with Crippen molar-refractivity contribution in [2.24, 2.45) is 0 Å². The van der Waals surface area contributed by atoms with E-state index in [4.69, 9.17) is 0 Å². The van der Waals surface area contributed by atoms with E-state index < -0.39 is 0 Å². The van der Waals surface area contributed by atoms with Crippen LogP contribution in [0, 0.1) is 0 Å². The number of aldehydes is 2. The van der Waals surface area contributed by atoms with Gasteiger partial charge in [0.25, 0.3) is 0 Å². The summed E-state index contributed by atoms with van der Waals surface area (Å²) in [4.78, 5) is 22.3. The zero-order chi connectivity index (χ0) is 15.8. The molecule has 0 spiro atoms. The Labute approximate surface area is 132 Å². The van der Waals surface area contributed by atoms with Crippen molar-refractivity contribution in [2.45, 2.75) is 0 Å². The molecule has 1 heterocycles. The number of hydrogen-bond donors (Lipinski definition) is 0. The van der Waals surface area contributed by atoms with Crippen molar-refractivity contribution >= 4 is 34.4 Å². The molecule has 0 bridgehead atoms. The molecule has 4 aromatic rings. The Morgan fingerprint density at radius 1 is 0.652 bits per heavy atom. The Hall–Kier alpha value is -3.20. The summed E-state index contributed by atoms with van der Waals surface area (Å²) >= 11 is 0. The van der Waals surface area contributed by atoms with Crippen LogP contribution in [-0.2, 0) is 0 Å². The molecule has 0 amide bonds. The lowest BCUT2D eigenvalue weighted by atomic mass is 10.1. The van der Waals surface area contributed by atoms with E-state index in [0.29, 0.717) is 11.1 Å². The molecule has 23 heavy (non-hydrogen) atoms. The van der Waals surface area contributed by atoms with Crippen LogP contribution in [0.4, 0.5) is 0 Å². The average molecular weight is 299 g/mol. The maximum atomic E-state index is 11.2. The Balaban J connectivity index is 2.20. The van der Waals surface area contributed by atoms with E-state index in [9.17, 15) is 9.59 Å². The quantitative estimate of drug-likeness (QED) is 0.526. The standard InChI is InChI=1S/C20H13NO2/c22-12-14-7-9-19-18(10-14)17-8-6-15(13-23)11-20(17)21(19)16-4-2-1-3-5-16/h1-13H. The first kappa shape index (κ1) is 13.5. The molecule has 1 aromatic heterocycles. The molecule has 0 saturated heterocycles. The van der Waals surface area contributed by atoms with Crippen molar-refractivity contribution in [3.63, 3.8) is 0 Å². The number of aromatic nitrogens is 1. The average Bonchev–Trinajstić information content (AvgIpc) is 2.95. The second kappa shape index (κ2) is 5.21. The van der Waals surface area contributed by atoms with Gasteiger partial charge in [-0.05, 0) is 36.4 Å². The summed E-state index contributed by atoms with van der Waals surface area (Å²) in [5.41, 5.74) is 4.27. The summed E-state index contributed by atoms with van der Waals surface area (Å²) in [6.07, 6.45) is 1.70. The van der Waals surface area contributed by atoms with Gasteiger partial charge in [-0.15, -0.1) is 0 Å². The third-order valence-corrected chi connectivity index (χ3v) is 4.10. The molecular weight excluding hydrogens is 286 g/mol. The van der Waals surface area contributed by atoms with Crippen molar-refractivity contribution < 1.29 is 9.59 Å². The summed E-state index contributed by atoms with van der Waals surface area (Å²) < 4.78 is 2.12. The molecule has 4 rings (SSSR count). The third-order valence-electron chi connectivity index (χ3n) is 4.10. The second-order valence-electron chi connectivity index (χ2n) is 5.46. The molecule has 0 aliphatic rings. The van der Waals surface area contributed by atoms with E-state index in [2.05, 4.69) is 4.57 Å². The zero-order valence-corrected chi connectivity index (χ0v) is 12.3. The summed E-state index contributed by atoms with van der Waals surface area (Å²) in [6.45, 7) is 0. The van der Waals surface area contributed by atoms with Crippen LogP contribution in [0.1, 0.15) is 20.7 Å². The summed E-state index contributed by atoms with van der Waals surface area (Å²) in [5, 5.41) is 2.03. The van der Waals surface area contributed by atoms with Crippen LogP contribution in [-0.4, -0.2) is 17.1 Å². The molecule has 0 atom stereocenters. The van der Waals surface area contributed by atoms with Crippen LogP contribution in [0.3, 0.4) is 0 Å². The minimum atomic E-state index is 0.632. The largest absolute Gasteiger partial charge is 0.309 e. The maximum Gasteiger partial charge on any atom is 0.150 e. The van der Waals surface area contributed by atoms with Crippen molar-refractivity contribution in [3.05, 3.63) is 77.9 Å². The van der Waals surface area contributed by atoms with Crippen LogP contribution in [0.5, 0.6) is 0 Å². The van der Waals surface area contributed by atoms with Crippen LogP contribution in [0.15, 0.2) is 66.7 Å². The molecule has 0 aliphatic carbocycles. The number of hydrogen-bond acceptors (Lipinski definition) is 2. The number of rotatable bonds is 3. The Morgan fingerprint density at radius 3 is 2.09 bits per heavy atom. The molecule has 3 heteroatoms. The highest BCUT2D eigenvalue weighted by molar-refractivity contribution is 6.11. The third kappa shape index (κ3) is 2.06. The number of carbonyl (C=O) groups is 2. The highest BCUT2D eigenvalue weighted by atomic mass is 16.1. The first-order valence-electron chi connectivity index (χ1n) is 7.36. The number of carbonyl (C=O) groups excluding carboxylic acids is 2. The smallest absolute Gasteiger partial charge is 0.150 e. The Bertz CT molecular complexity index is 1050. The molecule has 0 saturated carbocycles. The van der Waals surface area contributed by atoms with Gasteiger partial charge in [0.05, 0.1) is 11.0 Å². The lowest BCUT2D eigenvalue weighted by Crippen LogP contribution is -1.93. The fourth-order valence-electron chi connectivity index (χ4n) is 3.06. The summed E-state index contributed by atoms with van der Waals surface area (Å²) in [6, 6.07) is 21.3. The number of para-hydroxylation sites is 1. The first-order chi connectivity index (χ1) is 11.3. The molecule has 110 valence electrons. The lowest BCUT2D eigenvalue weighted by Gasteiger charge is -2.07. The van der Waals surface area contributed by atoms with Gasteiger partial charge in [0.15, 0.2) is 0 Å². The lowest BCUT2D eigenvalue weighted by molar-refractivity contribution is 0.111. The van der Waals surface area contributed by atoms with E-state index in [0.717, 1.165) is 40.1 Å². The van der Waals surface area contributed by atoms with Crippen LogP contribution in [0.25, 0.3) is 27.5 Å². The van der Waals surface area contributed by atoms with Crippen LogP contribution in [0.2, 0.25) is 0 Å². The van der Waals surface area contributed by atoms with E-state index in [1.807, 2.05) is 60.7 Å². The number of benzene rings is 3. The predicted octanol–water partition coefficient (Wildman–Crippen LogP) is 4.41. The molecule has 0 fully saturated rings. The van der Waals surface area contributed by atoms with Crippen molar-refractivity contribution in [1.29, 1.82) is 0 Å². The van der Waals surface area contributed by atoms with Crippen LogP contribution < -0.4 is 0 Å². The van der Waals surface area contributed by atoms with Gasteiger partial charge >= 0.3 is 0 Å². The molecule has 0 radical (unpaired) electrons. The van der Waals surface area contributed by atoms with Crippen molar-refractivity contribution in [3.8, 4) is 5.69 Å². The Morgan fingerprint density at radius 2 is 1.35 bits per heavy atom. The van der Waals surface area contributed by atoms with Gasteiger partial charge in [-0.3, -0.25) is 9.59 Å². The van der Waals surface area contributed by atoms with Gasteiger partial charge in [0, 0.05) is 27.6 Å². The summed E-state index contributed by atoms with van der Waals surface area (Å²) in [7, 11) is 0. The minimum Gasteiger partial charge on any atom is -0.309 e. The van der Waals surface area contributed by atoms with E-state index in [-0.39, 0.29) is 0 Å². The highest BCUT2D eigenvalue weighted by Gasteiger charge is 2.13. The minimum absolute atomic E-state index is 0.632. The monoisotopic (exact) mass is 299 g/mol. The van der Waals surface area contributed by atoms with Gasteiger partial charge < -0.3 is 4.57 Å². The van der Waals surface area contributed by atoms with Gasteiger partial charge in [-0.25, -0.2) is 0 Å². The fraction of sp³-hybridized carbons (Fsp3) is 0. The number of fused-ring (bicyclic) bond motifs is 3. The zero-order valence-electron chi connectivity index (χ0n) is 12.3. The fourth-order valence-corrected chi connectivity index (χ4v) is 3.06. The van der Waals surface area contributed by atoms with E-state index in [1.165, 1.54) is 0 Å². The van der Waals surface area contributed by atoms with Crippen molar-refractivity contribution in [1.82, 2.24) is 4.57 Å². The Kier molecular flexibility index (Phi) is 3.05. The number of nitrogens with zero attached hydrogens (tertiary/aromatic N) is 1. The first-order valence-corrected chi connectivity index (χ1v) is 7.36. The normalized spacial score (nSPS) is 11.0. The van der Waals surface area contributed by atoms with Gasteiger partial charge in [0.2, 0.25) is 0 Å². The predicted molar refractivity (Wildman–Crippen MR) is 91.6 cm³/mol. The molecule has 3 nitrogen and oxygen atoms in total. The SMILES string of the molecule is O=Cc1ccc2c(c1)c1ccc(C=O)cc1n2-c1ccccc1. The highest BCUT2D eigenvalue weighted by Crippen LogP contribution is 2.32. The van der Waals surface area contributed by atoms with Crippen molar-refractivity contribution in [2.75, 3.05) is 0 Å². The topological polar surface area (TPSA) is 39.1 Å². The van der Waals surface area contributed by atoms with Gasteiger partial charge in [-0.1, -0.05) is 30.3 Å². The van der Waals surface area contributed by atoms with E-state index >= 15 is 0 Å². The molecule has 3 aromatic carbocycles. The maximum absolute atomic E-state index is 11.2. The van der Waals surface area contributed by atoms with Gasteiger partial charge in [0.1, 0.15) is 12.6 Å².